The van der Waals surface area contributed by atoms with Gasteiger partial charge in [0.1, 0.15) is 24.8 Å². The van der Waals surface area contributed by atoms with Gasteiger partial charge in [0, 0.05) is 16.6 Å². The lowest BCUT2D eigenvalue weighted by Gasteiger charge is -2.07. The maximum Gasteiger partial charge on any atom is 0.340 e. The molecule has 0 amide bonds. The highest BCUT2D eigenvalue weighted by Gasteiger charge is 2.18. The van der Waals surface area contributed by atoms with E-state index >= 15 is 0 Å². The molecule has 3 aromatic rings. The Labute approximate surface area is 145 Å². The molecule has 25 heavy (non-hydrogen) atoms. The van der Waals surface area contributed by atoms with Crippen LogP contribution in [0.3, 0.4) is 0 Å². The van der Waals surface area contributed by atoms with E-state index in [0.717, 1.165) is 22.2 Å². The van der Waals surface area contributed by atoms with E-state index < -0.39 is 5.97 Å². The summed E-state index contributed by atoms with van der Waals surface area (Å²) in [5, 5.41) is 7.95. The predicted octanol–water partition coefficient (Wildman–Crippen LogP) is 3.15. The molecule has 0 spiro atoms. The second kappa shape index (κ2) is 7.09. The van der Waals surface area contributed by atoms with E-state index in [1.165, 1.54) is 0 Å². The third-order valence-corrected chi connectivity index (χ3v) is 3.77. The van der Waals surface area contributed by atoms with Gasteiger partial charge in [0.15, 0.2) is 0 Å². The van der Waals surface area contributed by atoms with Gasteiger partial charge >= 0.3 is 5.97 Å². The molecule has 0 aliphatic heterocycles. The van der Waals surface area contributed by atoms with E-state index in [4.69, 9.17) is 20.6 Å². The van der Waals surface area contributed by atoms with Crippen molar-refractivity contribution in [3.63, 3.8) is 0 Å². The lowest BCUT2D eigenvalue weighted by molar-refractivity contribution is 0.0474. The second-order valence-electron chi connectivity index (χ2n) is 5.71. The van der Waals surface area contributed by atoms with E-state index in [2.05, 4.69) is 4.98 Å². The molecule has 6 heteroatoms. The van der Waals surface area contributed by atoms with Gasteiger partial charge in [-0.3, -0.25) is 5.41 Å². The number of fused-ring (bicyclic) bond motifs is 1. The van der Waals surface area contributed by atoms with Crippen molar-refractivity contribution >= 4 is 22.7 Å². The fourth-order valence-corrected chi connectivity index (χ4v) is 2.61. The SMILES string of the molecule is Cc1[nH]c2ccc(OCC(=N)N)cc2c1C(=O)OCc1ccccc1. The number of ether oxygens (including phenoxy) is 2. The fraction of sp³-hybridized carbons (Fsp3) is 0.158. The van der Waals surface area contributed by atoms with Crippen molar-refractivity contribution < 1.29 is 14.3 Å². The van der Waals surface area contributed by atoms with Crippen molar-refractivity contribution in [3.8, 4) is 5.75 Å². The molecule has 6 nitrogen and oxygen atoms in total. The Morgan fingerprint density at radius 3 is 2.68 bits per heavy atom. The summed E-state index contributed by atoms with van der Waals surface area (Å²) >= 11 is 0. The molecular weight excluding hydrogens is 318 g/mol. The molecule has 1 heterocycles. The smallest absolute Gasteiger partial charge is 0.340 e. The Bertz CT molecular complexity index is 916. The third-order valence-electron chi connectivity index (χ3n) is 3.77. The Kier molecular flexibility index (Phi) is 4.70. The molecule has 0 saturated carbocycles. The number of aromatic nitrogens is 1. The average Bonchev–Trinajstić information content (AvgIpc) is 2.94. The number of aryl methyl sites for hydroxylation is 1. The summed E-state index contributed by atoms with van der Waals surface area (Å²) in [5.74, 6) is 0.0861. The number of hydrogen-bond acceptors (Lipinski definition) is 4. The maximum absolute atomic E-state index is 12.6. The van der Waals surface area contributed by atoms with E-state index in [1.807, 2.05) is 43.3 Å². The lowest BCUT2D eigenvalue weighted by atomic mass is 10.1. The van der Waals surface area contributed by atoms with E-state index in [1.54, 1.807) is 12.1 Å². The monoisotopic (exact) mass is 337 g/mol. The molecule has 0 unspecified atom stereocenters. The number of nitrogens with two attached hydrogens (primary N) is 1. The average molecular weight is 337 g/mol. The summed E-state index contributed by atoms with van der Waals surface area (Å²) in [7, 11) is 0. The van der Waals surface area contributed by atoms with E-state index in [0.29, 0.717) is 11.3 Å². The van der Waals surface area contributed by atoms with Gasteiger partial charge in [-0.05, 0) is 30.7 Å². The van der Waals surface area contributed by atoms with Gasteiger partial charge in [-0.2, -0.15) is 0 Å². The van der Waals surface area contributed by atoms with Crippen molar-refractivity contribution in [1.29, 1.82) is 5.41 Å². The van der Waals surface area contributed by atoms with Crippen LogP contribution in [0.2, 0.25) is 0 Å². The van der Waals surface area contributed by atoms with Crippen LogP contribution in [0.1, 0.15) is 21.6 Å². The summed E-state index contributed by atoms with van der Waals surface area (Å²) in [6, 6.07) is 14.9. The molecule has 1 aromatic heterocycles. The molecule has 4 N–H and O–H groups in total. The number of hydrogen-bond donors (Lipinski definition) is 3. The van der Waals surface area contributed by atoms with Gasteiger partial charge in [0.2, 0.25) is 0 Å². The Morgan fingerprint density at radius 2 is 1.96 bits per heavy atom. The standard InChI is InChI=1S/C19H19N3O3/c1-12-18(19(23)25-10-13-5-3-2-4-6-13)15-9-14(24-11-17(20)21)7-8-16(15)22-12/h2-9,22H,10-11H2,1H3,(H3,20,21). The highest BCUT2D eigenvalue weighted by atomic mass is 16.5. The van der Waals surface area contributed by atoms with Gasteiger partial charge in [-0.15, -0.1) is 0 Å². The van der Waals surface area contributed by atoms with Crippen molar-refractivity contribution in [2.75, 3.05) is 6.61 Å². The topological polar surface area (TPSA) is 101 Å². The number of H-pyrrole nitrogens is 1. The van der Waals surface area contributed by atoms with Crippen LogP contribution in [0.4, 0.5) is 0 Å². The van der Waals surface area contributed by atoms with Crippen LogP contribution < -0.4 is 10.5 Å². The minimum atomic E-state index is -0.392. The zero-order chi connectivity index (χ0) is 17.8. The minimum absolute atomic E-state index is 0.00268. The summed E-state index contributed by atoms with van der Waals surface area (Å²) in [6.07, 6.45) is 0. The predicted molar refractivity (Wildman–Crippen MR) is 96.0 cm³/mol. The van der Waals surface area contributed by atoms with Crippen LogP contribution in [0, 0.1) is 12.3 Å². The van der Waals surface area contributed by atoms with Crippen molar-refractivity contribution in [2.45, 2.75) is 13.5 Å². The Morgan fingerprint density at radius 1 is 1.20 bits per heavy atom. The first-order valence-electron chi connectivity index (χ1n) is 7.83. The molecule has 128 valence electrons. The highest BCUT2D eigenvalue weighted by Crippen LogP contribution is 2.27. The molecule has 0 saturated heterocycles. The van der Waals surface area contributed by atoms with Crippen LogP contribution >= 0.6 is 0 Å². The van der Waals surface area contributed by atoms with Gasteiger partial charge in [-0.1, -0.05) is 30.3 Å². The van der Waals surface area contributed by atoms with Crippen LogP contribution in [-0.2, 0) is 11.3 Å². The molecule has 0 bridgehead atoms. The molecule has 0 atom stereocenters. The first-order valence-corrected chi connectivity index (χ1v) is 7.83. The normalized spacial score (nSPS) is 10.6. The number of rotatable bonds is 6. The number of nitrogens with one attached hydrogen (secondary N) is 2. The molecule has 0 radical (unpaired) electrons. The maximum atomic E-state index is 12.6. The first-order chi connectivity index (χ1) is 12.0. The summed E-state index contributed by atoms with van der Waals surface area (Å²) < 4.78 is 10.9. The van der Waals surface area contributed by atoms with Crippen molar-refractivity contribution in [2.24, 2.45) is 5.73 Å². The second-order valence-corrected chi connectivity index (χ2v) is 5.71. The van der Waals surface area contributed by atoms with Crippen LogP contribution in [0.15, 0.2) is 48.5 Å². The first kappa shape index (κ1) is 16.6. The van der Waals surface area contributed by atoms with Gasteiger partial charge in [-0.25, -0.2) is 4.79 Å². The zero-order valence-corrected chi connectivity index (χ0v) is 13.8. The van der Waals surface area contributed by atoms with Crippen LogP contribution in [0.25, 0.3) is 10.9 Å². The highest BCUT2D eigenvalue weighted by molar-refractivity contribution is 6.06. The quantitative estimate of drug-likeness (QED) is 0.365. The summed E-state index contributed by atoms with van der Waals surface area (Å²) in [4.78, 5) is 15.7. The number of amidine groups is 1. The number of carbonyl (C=O) groups excluding carboxylic acids is 1. The molecule has 0 fully saturated rings. The van der Waals surface area contributed by atoms with Crippen molar-refractivity contribution in [3.05, 3.63) is 65.4 Å². The van der Waals surface area contributed by atoms with Crippen LogP contribution in [-0.4, -0.2) is 23.4 Å². The third kappa shape index (κ3) is 3.80. The number of benzene rings is 2. The number of esters is 1. The summed E-state index contributed by atoms with van der Waals surface area (Å²) in [5.41, 5.74) is 8.27. The van der Waals surface area contributed by atoms with E-state index in [-0.39, 0.29) is 19.0 Å². The number of aromatic amines is 1. The Balaban J connectivity index is 1.83. The Hall–Kier alpha value is -3.28. The molecule has 2 aromatic carbocycles. The lowest BCUT2D eigenvalue weighted by Crippen LogP contribution is -2.19. The van der Waals surface area contributed by atoms with E-state index in [9.17, 15) is 4.79 Å². The van der Waals surface area contributed by atoms with Gasteiger partial charge in [0.05, 0.1) is 5.56 Å². The van der Waals surface area contributed by atoms with Gasteiger partial charge in [0.25, 0.3) is 0 Å². The molecule has 0 aliphatic carbocycles. The molecule has 3 rings (SSSR count). The zero-order valence-electron chi connectivity index (χ0n) is 13.8. The fourth-order valence-electron chi connectivity index (χ4n) is 2.61. The molecule has 0 aliphatic rings. The largest absolute Gasteiger partial charge is 0.486 e. The van der Waals surface area contributed by atoms with Gasteiger partial charge < -0.3 is 20.2 Å². The molecular formula is C19H19N3O3. The van der Waals surface area contributed by atoms with Crippen molar-refractivity contribution in [1.82, 2.24) is 4.98 Å². The summed E-state index contributed by atoms with van der Waals surface area (Å²) in [6.45, 7) is 2.05. The number of carbonyl (C=O) groups is 1. The minimum Gasteiger partial charge on any atom is -0.486 e. The van der Waals surface area contributed by atoms with Crippen LogP contribution in [0.5, 0.6) is 5.75 Å².